The lowest BCUT2D eigenvalue weighted by molar-refractivity contribution is -0.388. The average Bonchev–Trinajstić information content (AvgIpc) is 2.77. The van der Waals surface area contributed by atoms with Crippen LogP contribution in [0.25, 0.3) is 0 Å². The maximum Gasteiger partial charge on any atom is 0.343 e. The topological polar surface area (TPSA) is 132 Å². The van der Waals surface area contributed by atoms with E-state index in [9.17, 15) is 14.9 Å². The number of anilines is 1. The zero-order chi connectivity index (χ0) is 15.4. The molecular formula is C10H13N7O3S. The Morgan fingerprint density at radius 1 is 1.57 bits per heavy atom. The van der Waals surface area contributed by atoms with Gasteiger partial charge in [0.05, 0.1) is 4.92 Å². The maximum absolute atomic E-state index is 11.3. The van der Waals surface area contributed by atoms with Crippen molar-refractivity contribution in [3.05, 3.63) is 26.8 Å². The molecular weight excluding hydrogens is 298 g/mol. The molecule has 0 aromatic carbocycles. The van der Waals surface area contributed by atoms with Gasteiger partial charge in [-0.2, -0.15) is 4.98 Å². The number of rotatable bonds is 6. The van der Waals surface area contributed by atoms with Crippen molar-refractivity contribution in [2.75, 3.05) is 11.9 Å². The molecule has 0 fully saturated rings. The lowest BCUT2D eigenvalue weighted by atomic mass is 10.5. The molecule has 0 bridgehead atoms. The highest BCUT2D eigenvalue weighted by Gasteiger charge is 2.20. The molecule has 0 amide bonds. The Labute approximate surface area is 123 Å². The Morgan fingerprint density at radius 2 is 2.33 bits per heavy atom. The van der Waals surface area contributed by atoms with Crippen molar-refractivity contribution < 1.29 is 4.92 Å². The summed E-state index contributed by atoms with van der Waals surface area (Å²) in [5.74, 6) is 0.297. The molecule has 2 N–H and O–H groups in total. The molecule has 0 aliphatic heterocycles. The minimum Gasteiger partial charge on any atom is -0.354 e. The molecule has 2 aromatic heterocycles. The number of aromatic nitrogens is 5. The Morgan fingerprint density at radius 3 is 2.90 bits per heavy atom. The van der Waals surface area contributed by atoms with Crippen molar-refractivity contribution >= 4 is 23.4 Å². The van der Waals surface area contributed by atoms with Crippen LogP contribution in [-0.2, 0) is 7.05 Å². The van der Waals surface area contributed by atoms with E-state index in [1.54, 1.807) is 0 Å². The first-order valence-electron chi connectivity index (χ1n) is 6.07. The van der Waals surface area contributed by atoms with Crippen LogP contribution < -0.4 is 11.0 Å². The molecule has 10 nitrogen and oxygen atoms in total. The van der Waals surface area contributed by atoms with E-state index < -0.39 is 10.6 Å². The predicted molar refractivity (Wildman–Crippen MR) is 75.4 cm³/mol. The zero-order valence-electron chi connectivity index (χ0n) is 11.4. The molecule has 0 aliphatic carbocycles. The van der Waals surface area contributed by atoms with E-state index in [1.807, 2.05) is 6.92 Å². The fourth-order valence-corrected chi connectivity index (χ4v) is 2.24. The SMILES string of the molecule is CCCNc1ncc([N+](=O)[O-])c(Sc2n[nH]c(=O)n2C)n1. The highest BCUT2D eigenvalue weighted by molar-refractivity contribution is 7.99. The number of aromatic amines is 1. The third-order valence-corrected chi connectivity index (χ3v) is 3.53. The van der Waals surface area contributed by atoms with Gasteiger partial charge in [0.25, 0.3) is 0 Å². The molecule has 21 heavy (non-hydrogen) atoms. The van der Waals surface area contributed by atoms with Crippen molar-refractivity contribution in [1.82, 2.24) is 24.7 Å². The van der Waals surface area contributed by atoms with Gasteiger partial charge in [0, 0.05) is 13.6 Å². The van der Waals surface area contributed by atoms with E-state index in [-0.39, 0.29) is 15.9 Å². The second-order valence-electron chi connectivity index (χ2n) is 4.04. The predicted octanol–water partition coefficient (Wildman–Crippen LogP) is 0.780. The zero-order valence-corrected chi connectivity index (χ0v) is 12.2. The monoisotopic (exact) mass is 311 g/mol. The molecule has 2 heterocycles. The second-order valence-corrected chi connectivity index (χ2v) is 5.00. The van der Waals surface area contributed by atoms with Gasteiger partial charge in [-0.1, -0.05) is 6.92 Å². The van der Waals surface area contributed by atoms with Crippen LogP contribution in [0.4, 0.5) is 11.6 Å². The molecule has 0 radical (unpaired) electrons. The maximum atomic E-state index is 11.3. The van der Waals surface area contributed by atoms with E-state index in [0.29, 0.717) is 12.5 Å². The van der Waals surface area contributed by atoms with Crippen LogP contribution in [0.3, 0.4) is 0 Å². The molecule has 11 heteroatoms. The summed E-state index contributed by atoms with van der Waals surface area (Å²) in [6.45, 7) is 2.64. The summed E-state index contributed by atoms with van der Waals surface area (Å²) in [5.41, 5.74) is -0.643. The quantitative estimate of drug-likeness (QED) is 0.454. The van der Waals surface area contributed by atoms with Gasteiger partial charge in [-0.05, 0) is 18.2 Å². The Bertz CT molecular complexity index is 711. The van der Waals surface area contributed by atoms with Crippen LogP contribution in [-0.4, -0.2) is 36.2 Å². The lowest BCUT2D eigenvalue weighted by Crippen LogP contribution is -2.13. The third kappa shape index (κ3) is 3.37. The van der Waals surface area contributed by atoms with Crippen LogP contribution in [0.1, 0.15) is 13.3 Å². The fraction of sp³-hybridized carbons (Fsp3) is 0.400. The standard InChI is InChI=1S/C10H13N7O3S/c1-3-4-11-8-12-5-6(17(19)20)7(13-8)21-10-15-14-9(18)16(10)2/h5H,3-4H2,1-2H3,(H,14,18)(H,11,12,13). The summed E-state index contributed by atoms with van der Waals surface area (Å²) in [6.07, 6.45) is 2.01. The smallest absolute Gasteiger partial charge is 0.343 e. The molecule has 0 saturated carbocycles. The van der Waals surface area contributed by atoms with Crippen LogP contribution in [0.2, 0.25) is 0 Å². The van der Waals surface area contributed by atoms with Crippen molar-refractivity contribution in [2.45, 2.75) is 23.5 Å². The number of hydrogen-bond acceptors (Lipinski definition) is 8. The molecule has 112 valence electrons. The molecule has 0 atom stereocenters. The van der Waals surface area contributed by atoms with E-state index >= 15 is 0 Å². The van der Waals surface area contributed by atoms with Gasteiger partial charge >= 0.3 is 11.4 Å². The second kappa shape index (κ2) is 6.35. The Balaban J connectivity index is 2.36. The average molecular weight is 311 g/mol. The number of H-pyrrole nitrogens is 1. The van der Waals surface area contributed by atoms with E-state index in [1.165, 1.54) is 11.6 Å². The summed E-state index contributed by atoms with van der Waals surface area (Å²) in [5, 5.41) is 20.4. The van der Waals surface area contributed by atoms with Gasteiger partial charge in [-0.15, -0.1) is 5.10 Å². The minimum atomic E-state index is -0.573. The lowest BCUT2D eigenvalue weighted by Gasteiger charge is -2.05. The molecule has 2 rings (SSSR count). The van der Waals surface area contributed by atoms with E-state index in [0.717, 1.165) is 24.4 Å². The van der Waals surface area contributed by atoms with Gasteiger partial charge in [-0.25, -0.2) is 14.9 Å². The number of nitro groups is 1. The van der Waals surface area contributed by atoms with Crippen LogP contribution in [0.15, 0.2) is 21.2 Å². The summed E-state index contributed by atoms with van der Waals surface area (Å²) >= 11 is 0.925. The minimum absolute atomic E-state index is 0.121. The van der Waals surface area contributed by atoms with Crippen LogP contribution >= 0.6 is 11.8 Å². The largest absolute Gasteiger partial charge is 0.354 e. The van der Waals surface area contributed by atoms with Crippen molar-refractivity contribution in [3.63, 3.8) is 0 Å². The van der Waals surface area contributed by atoms with Crippen molar-refractivity contribution in [2.24, 2.45) is 7.05 Å². The van der Waals surface area contributed by atoms with Gasteiger partial charge in [0.15, 0.2) is 10.2 Å². The van der Waals surface area contributed by atoms with Gasteiger partial charge in [0.2, 0.25) is 5.95 Å². The molecule has 0 aliphatic rings. The van der Waals surface area contributed by atoms with E-state index in [4.69, 9.17) is 0 Å². The first kappa shape index (κ1) is 15.0. The summed E-state index contributed by atoms with van der Waals surface area (Å²) in [6, 6.07) is 0. The Hall–Kier alpha value is -2.43. The van der Waals surface area contributed by atoms with Gasteiger partial charge in [-0.3, -0.25) is 14.7 Å². The molecule has 0 spiro atoms. The number of hydrogen-bond donors (Lipinski definition) is 2. The summed E-state index contributed by atoms with van der Waals surface area (Å²) in [7, 11) is 1.51. The highest BCUT2D eigenvalue weighted by atomic mass is 32.2. The first-order chi connectivity index (χ1) is 10.0. The number of nitrogens with zero attached hydrogens (tertiary/aromatic N) is 5. The third-order valence-electron chi connectivity index (χ3n) is 2.49. The number of nitrogens with one attached hydrogen (secondary N) is 2. The molecule has 0 unspecified atom stereocenters. The highest BCUT2D eigenvalue weighted by Crippen LogP contribution is 2.31. The van der Waals surface area contributed by atoms with Crippen LogP contribution in [0, 0.1) is 10.1 Å². The molecule has 0 saturated heterocycles. The fourth-order valence-electron chi connectivity index (χ4n) is 1.39. The van der Waals surface area contributed by atoms with Gasteiger partial charge < -0.3 is 5.32 Å². The molecule has 2 aromatic rings. The van der Waals surface area contributed by atoms with Crippen molar-refractivity contribution in [3.8, 4) is 0 Å². The normalized spacial score (nSPS) is 10.6. The van der Waals surface area contributed by atoms with Gasteiger partial charge in [0.1, 0.15) is 6.20 Å². The summed E-state index contributed by atoms with van der Waals surface area (Å²) in [4.78, 5) is 29.8. The van der Waals surface area contributed by atoms with E-state index in [2.05, 4.69) is 25.5 Å². The summed E-state index contributed by atoms with van der Waals surface area (Å²) < 4.78 is 1.25. The van der Waals surface area contributed by atoms with Crippen LogP contribution in [0.5, 0.6) is 0 Å². The van der Waals surface area contributed by atoms with Crippen molar-refractivity contribution in [1.29, 1.82) is 0 Å². The Kier molecular flexibility index (Phi) is 4.52. The first-order valence-corrected chi connectivity index (χ1v) is 6.89.